The molecule has 1 aromatic carbocycles. The highest BCUT2D eigenvalue weighted by molar-refractivity contribution is 5.90. The highest BCUT2D eigenvalue weighted by atomic mass is 16.4. The Morgan fingerprint density at radius 3 is 2.75 bits per heavy atom. The van der Waals surface area contributed by atoms with Crippen molar-refractivity contribution < 1.29 is 9.90 Å². The second kappa shape index (κ2) is 5.35. The van der Waals surface area contributed by atoms with Crippen LogP contribution in [0.5, 0.6) is 0 Å². The first-order valence-corrected chi connectivity index (χ1v) is 5.37. The van der Waals surface area contributed by atoms with Gasteiger partial charge in [-0.2, -0.15) is 0 Å². The molecule has 1 aromatic rings. The number of aromatic carboxylic acids is 1. The third kappa shape index (κ3) is 2.86. The first-order valence-electron chi connectivity index (χ1n) is 5.37. The van der Waals surface area contributed by atoms with Crippen molar-refractivity contribution in [2.75, 3.05) is 5.73 Å². The molecule has 0 aliphatic carbocycles. The van der Waals surface area contributed by atoms with E-state index < -0.39 is 5.97 Å². The van der Waals surface area contributed by atoms with Crippen molar-refractivity contribution in [1.29, 1.82) is 0 Å². The van der Waals surface area contributed by atoms with Gasteiger partial charge in [0.15, 0.2) is 0 Å². The largest absolute Gasteiger partial charge is 0.478 e. The normalized spacial score (nSPS) is 10.1. The van der Waals surface area contributed by atoms with Gasteiger partial charge in [-0.25, -0.2) is 4.79 Å². The van der Waals surface area contributed by atoms with Crippen molar-refractivity contribution in [1.82, 2.24) is 0 Å². The summed E-state index contributed by atoms with van der Waals surface area (Å²) in [4.78, 5) is 10.8. The van der Waals surface area contributed by atoms with E-state index in [-0.39, 0.29) is 5.56 Å². The lowest BCUT2D eigenvalue weighted by Gasteiger charge is -2.09. The van der Waals surface area contributed by atoms with Crippen LogP contribution in [-0.4, -0.2) is 11.1 Å². The molecule has 0 aromatic heterocycles. The summed E-state index contributed by atoms with van der Waals surface area (Å²) >= 11 is 0. The third-order valence-corrected chi connectivity index (χ3v) is 2.51. The number of anilines is 1. The third-order valence-electron chi connectivity index (χ3n) is 2.51. The monoisotopic (exact) mass is 219 g/mol. The molecule has 0 saturated carbocycles. The van der Waals surface area contributed by atoms with Crippen LogP contribution in [0, 0.1) is 0 Å². The number of nitrogens with two attached hydrogens (primary N) is 1. The molecule has 3 N–H and O–H groups in total. The predicted octanol–water partition coefficient (Wildman–Crippen LogP) is 3.17. The Kier molecular flexibility index (Phi) is 4.11. The van der Waals surface area contributed by atoms with Gasteiger partial charge in [-0.15, -0.1) is 0 Å². The SMILES string of the molecule is C=C(CCCC)c1cc(C(=O)O)ccc1N. The fourth-order valence-electron chi connectivity index (χ4n) is 1.52. The van der Waals surface area contributed by atoms with Gasteiger partial charge in [-0.1, -0.05) is 19.9 Å². The molecule has 3 nitrogen and oxygen atoms in total. The minimum atomic E-state index is -0.940. The summed E-state index contributed by atoms with van der Waals surface area (Å²) in [6, 6.07) is 4.72. The van der Waals surface area contributed by atoms with Crippen molar-refractivity contribution in [3.05, 3.63) is 35.9 Å². The Labute approximate surface area is 95.6 Å². The molecule has 0 amide bonds. The maximum absolute atomic E-state index is 10.8. The second-order valence-corrected chi connectivity index (χ2v) is 3.81. The van der Waals surface area contributed by atoms with E-state index in [2.05, 4.69) is 13.5 Å². The number of allylic oxidation sites excluding steroid dienone is 1. The summed E-state index contributed by atoms with van der Waals surface area (Å²) in [6.45, 7) is 6.05. The molecule has 86 valence electrons. The van der Waals surface area contributed by atoms with E-state index in [0.29, 0.717) is 5.69 Å². The molecule has 0 saturated heterocycles. The summed E-state index contributed by atoms with van der Waals surface area (Å²) in [5, 5.41) is 8.89. The summed E-state index contributed by atoms with van der Waals surface area (Å²) < 4.78 is 0. The lowest BCUT2D eigenvalue weighted by molar-refractivity contribution is 0.0697. The molecular weight excluding hydrogens is 202 g/mol. The molecule has 3 heteroatoms. The molecule has 0 unspecified atom stereocenters. The van der Waals surface area contributed by atoms with E-state index in [4.69, 9.17) is 10.8 Å². The number of rotatable bonds is 5. The Balaban J connectivity index is 2.97. The topological polar surface area (TPSA) is 63.3 Å². The molecule has 0 aliphatic rings. The predicted molar refractivity (Wildman–Crippen MR) is 66.4 cm³/mol. The van der Waals surface area contributed by atoms with Crippen LogP contribution in [0.4, 0.5) is 5.69 Å². The van der Waals surface area contributed by atoms with Gasteiger partial charge < -0.3 is 10.8 Å². The first-order chi connectivity index (χ1) is 7.56. The fourth-order valence-corrected chi connectivity index (χ4v) is 1.52. The van der Waals surface area contributed by atoms with Crippen LogP contribution < -0.4 is 5.73 Å². The van der Waals surface area contributed by atoms with Crippen molar-refractivity contribution in [2.45, 2.75) is 26.2 Å². The Hall–Kier alpha value is -1.77. The number of carboxylic acids is 1. The number of unbranched alkanes of at least 4 members (excludes halogenated alkanes) is 1. The fraction of sp³-hybridized carbons (Fsp3) is 0.308. The number of carboxylic acid groups (broad SMARTS) is 1. The minimum absolute atomic E-state index is 0.252. The van der Waals surface area contributed by atoms with Crippen LogP contribution in [0.15, 0.2) is 24.8 Å². The molecule has 0 spiro atoms. The number of nitrogen functional groups attached to an aromatic ring is 1. The van der Waals surface area contributed by atoms with Crippen molar-refractivity contribution in [3.63, 3.8) is 0 Å². The van der Waals surface area contributed by atoms with Crippen molar-refractivity contribution in [3.8, 4) is 0 Å². The van der Waals surface area contributed by atoms with E-state index in [9.17, 15) is 4.79 Å². The quantitative estimate of drug-likeness (QED) is 0.747. The molecule has 0 aliphatic heterocycles. The Bertz CT molecular complexity index is 410. The lowest BCUT2D eigenvalue weighted by Crippen LogP contribution is -2.00. The van der Waals surface area contributed by atoms with Crippen LogP contribution in [0.25, 0.3) is 5.57 Å². The zero-order valence-electron chi connectivity index (χ0n) is 9.49. The van der Waals surface area contributed by atoms with Crippen molar-refractivity contribution >= 4 is 17.2 Å². The van der Waals surface area contributed by atoms with E-state index in [0.717, 1.165) is 30.4 Å². The van der Waals surface area contributed by atoms with Gasteiger partial charge in [-0.3, -0.25) is 0 Å². The average Bonchev–Trinajstić information content (AvgIpc) is 2.26. The number of benzene rings is 1. The molecule has 1 rings (SSSR count). The summed E-state index contributed by atoms with van der Waals surface area (Å²) in [6.07, 6.45) is 2.97. The zero-order valence-corrected chi connectivity index (χ0v) is 9.49. The van der Waals surface area contributed by atoms with Gasteiger partial charge in [0.05, 0.1) is 5.56 Å². The van der Waals surface area contributed by atoms with E-state index in [1.54, 1.807) is 12.1 Å². The number of hydrogen-bond acceptors (Lipinski definition) is 2. The molecule has 16 heavy (non-hydrogen) atoms. The van der Waals surface area contributed by atoms with Crippen molar-refractivity contribution in [2.24, 2.45) is 0 Å². The van der Waals surface area contributed by atoms with E-state index >= 15 is 0 Å². The van der Waals surface area contributed by atoms with E-state index in [1.807, 2.05) is 0 Å². The first kappa shape index (κ1) is 12.3. The van der Waals surface area contributed by atoms with Crippen LogP contribution in [0.2, 0.25) is 0 Å². The number of hydrogen-bond donors (Lipinski definition) is 2. The van der Waals surface area contributed by atoms with Crippen LogP contribution in [0.3, 0.4) is 0 Å². The molecule has 0 atom stereocenters. The van der Waals surface area contributed by atoms with Crippen LogP contribution in [0.1, 0.15) is 42.1 Å². The standard InChI is InChI=1S/C13H17NO2/c1-3-4-5-9(2)11-8-10(13(15)16)6-7-12(11)14/h6-8H,2-5,14H2,1H3,(H,15,16). The second-order valence-electron chi connectivity index (χ2n) is 3.81. The summed E-state index contributed by atoms with van der Waals surface area (Å²) in [5.74, 6) is -0.940. The Morgan fingerprint density at radius 1 is 1.50 bits per heavy atom. The van der Waals surface area contributed by atoms with Gasteiger partial charge in [0, 0.05) is 11.3 Å². The number of carbonyl (C=O) groups is 1. The molecular formula is C13H17NO2. The highest BCUT2D eigenvalue weighted by Crippen LogP contribution is 2.25. The highest BCUT2D eigenvalue weighted by Gasteiger charge is 2.08. The molecule has 0 fully saturated rings. The Morgan fingerprint density at radius 2 is 2.19 bits per heavy atom. The van der Waals surface area contributed by atoms with E-state index in [1.165, 1.54) is 6.07 Å². The lowest BCUT2D eigenvalue weighted by atomic mass is 9.98. The maximum Gasteiger partial charge on any atom is 0.335 e. The van der Waals surface area contributed by atoms with Gasteiger partial charge in [-0.05, 0) is 36.6 Å². The maximum atomic E-state index is 10.8. The van der Waals surface area contributed by atoms with Gasteiger partial charge in [0.2, 0.25) is 0 Å². The molecule has 0 bridgehead atoms. The molecule has 0 heterocycles. The van der Waals surface area contributed by atoms with Gasteiger partial charge in [0.25, 0.3) is 0 Å². The average molecular weight is 219 g/mol. The smallest absolute Gasteiger partial charge is 0.335 e. The summed E-state index contributed by atoms with van der Waals surface area (Å²) in [5.41, 5.74) is 8.31. The van der Waals surface area contributed by atoms with Crippen LogP contribution >= 0.6 is 0 Å². The minimum Gasteiger partial charge on any atom is -0.478 e. The summed E-state index contributed by atoms with van der Waals surface area (Å²) in [7, 11) is 0. The zero-order chi connectivity index (χ0) is 12.1. The van der Waals surface area contributed by atoms with Gasteiger partial charge in [0.1, 0.15) is 0 Å². The molecule has 0 radical (unpaired) electrons. The van der Waals surface area contributed by atoms with Gasteiger partial charge >= 0.3 is 5.97 Å². The van der Waals surface area contributed by atoms with Crippen LogP contribution in [-0.2, 0) is 0 Å².